The van der Waals surface area contributed by atoms with Crippen molar-refractivity contribution in [3.8, 4) is 0 Å². The maximum Gasteiger partial charge on any atom is 0.305 e. The zero-order valence-electron chi connectivity index (χ0n) is 13.3. The Morgan fingerprint density at radius 1 is 1.29 bits per heavy atom. The molecular formula is C15H28N2O4. The van der Waals surface area contributed by atoms with Crippen LogP contribution in [0.5, 0.6) is 0 Å². The molecule has 0 saturated carbocycles. The highest BCUT2D eigenvalue weighted by molar-refractivity contribution is 5.78. The summed E-state index contributed by atoms with van der Waals surface area (Å²) in [5.41, 5.74) is 0. The summed E-state index contributed by atoms with van der Waals surface area (Å²) in [6.07, 6.45) is 1.88. The van der Waals surface area contributed by atoms with Crippen LogP contribution in [0.4, 0.5) is 0 Å². The van der Waals surface area contributed by atoms with Gasteiger partial charge in [-0.2, -0.15) is 0 Å². The number of likely N-dealkylation sites (tertiary alicyclic amines) is 1. The number of amides is 1. The van der Waals surface area contributed by atoms with Crippen molar-refractivity contribution in [3.05, 3.63) is 0 Å². The number of carbonyl (C=O) groups is 2. The number of carboxylic acid groups (broad SMARTS) is 1. The van der Waals surface area contributed by atoms with E-state index in [0.29, 0.717) is 12.5 Å². The molecule has 0 radical (unpaired) electrons. The van der Waals surface area contributed by atoms with E-state index in [1.165, 1.54) is 0 Å². The number of aliphatic carboxylic acids is 1. The van der Waals surface area contributed by atoms with E-state index < -0.39 is 5.97 Å². The van der Waals surface area contributed by atoms with Gasteiger partial charge in [-0.15, -0.1) is 0 Å². The van der Waals surface area contributed by atoms with Crippen LogP contribution >= 0.6 is 0 Å². The second-order valence-corrected chi connectivity index (χ2v) is 6.09. The Kier molecular flexibility index (Phi) is 7.67. The summed E-state index contributed by atoms with van der Waals surface area (Å²) in [7, 11) is 0. The van der Waals surface area contributed by atoms with Crippen molar-refractivity contribution in [2.24, 2.45) is 5.92 Å². The van der Waals surface area contributed by atoms with Crippen molar-refractivity contribution in [1.82, 2.24) is 10.2 Å². The maximum atomic E-state index is 11.9. The van der Waals surface area contributed by atoms with Crippen molar-refractivity contribution in [1.29, 1.82) is 0 Å². The SMILES string of the molecule is CC(C)C(C)NC(=O)CN1CCC(OCCC(=O)O)CC1. The second kappa shape index (κ2) is 9.00. The molecule has 1 saturated heterocycles. The summed E-state index contributed by atoms with van der Waals surface area (Å²) in [5.74, 6) is -0.327. The number of nitrogens with zero attached hydrogens (tertiary/aromatic N) is 1. The molecule has 1 unspecified atom stereocenters. The van der Waals surface area contributed by atoms with E-state index in [0.717, 1.165) is 25.9 Å². The maximum absolute atomic E-state index is 11.9. The third-order valence-corrected chi connectivity index (χ3v) is 3.96. The molecule has 1 aliphatic heterocycles. The average Bonchev–Trinajstić information content (AvgIpc) is 2.40. The summed E-state index contributed by atoms with van der Waals surface area (Å²) in [6, 6.07) is 0.189. The zero-order valence-corrected chi connectivity index (χ0v) is 13.3. The van der Waals surface area contributed by atoms with Gasteiger partial charge in [-0.1, -0.05) is 13.8 Å². The van der Waals surface area contributed by atoms with Gasteiger partial charge in [-0.05, 0) is 25.7 Å². The Bertz CT molecular complexity index is 339. The summed E-state index contributed by atoms with van der Waals surface area (Å²) >= 11 is 0. The molecule has 0 aromatic carbocycles. The lowest BCUT2D eigenvalue weighted by molar-refractivity contribution is -0.139. The van der Waals surface area contributed by atoms with Crippen LogP contribution in [0, 0.1) is 5.92 Å². The molecule has 0 bridgehead atoms. The first-order valence-electron chi connectivity index (χ1n) is 7.73. The normalized spacial score (nSPS) is 18.7. The number of carboxylic acids is 1. The van der Waals surface area contributed by atoms with Gasteiger partial charge in [0.2, 0.25) is 5.91 Å². The van der Waals surface area contributed by atoms with E-state index in [9.17, 15) is 9.59 Å². The van der Waals surface area contributed by atoms with Gasteiger partial charge in [0, 0.05) is 19.1 Å². The van der Waals surface area contributed by atoms with Gasteiger partial charge in [0.15, 0.2) is 0 Å². The molecular weight excluding hydrogens is 272 g/mol. The van der Waals surface area contributed by atoms with Gasteiger partial charge in [0.05, 0.1) is 25.7 Å². The minimum atomic E-state index is -0.830. The van der Waals surface area contributed by atoms with Crippen molar-refractivity contribution >= 4 is 11.9 Å². The fraction of sp³-hybridized carbons (Fsp3) is 0.867. The number of carbonyl (C=O) groups excluding carboxylic acids is 1. The predicted molar refractivity (Wildman–Crippen MR) is 80.1 cm³/mol. The highest BCUT2D eigenvalue weighted by atomic mass is 16.5. The van der Waals surface area contributed by atoms with Gasteiger partial charge in [-0.3, -0.25) is 14.5 Å². The van der Waals surface area contributed by atoms with E-state index in [2.05, 4.69) is 24.1 Å². The van der Waals surface area contributed by atoms with Crippen molar-refractivity contribution in [2.45, 2.75) is 52.2 Å². The number of piperidine rings is 1. The summed E-state index contributed by atoms with van der Waals surface area (Å²) < 4.78 is 5.54. The molecule has 1 amide bonds. The Morgan fingerprint density at radius 3 is 2.43 bits per heavy atom. The molecule has 6 nitrogen and oxygen atoms in total. The van der Waals surface area contributed by atoms with Crippen LogP contribution in [0.25, 0.3) is 0 Å². The van der Waals surface area contributed by atoms with E-state index in [4.69, 9.17) is 9.84 Å². The molecule has 122 valence electrons. The fourth-order valence-electron chi connectivity index (χ4n) is 2.22. The summed E-state index contributed by atoms with van der Waals surface area (Å²) in [5, 5.41) is 11.6. The van der Waals surface area contributed by atoms with Crippen LogP contribution in [0.2, 0.25) is 0 Å². The van der Waals surface area contributed by atoms with Crippen molar-refractivity contribution in [3.63, 3.8) is 0 Å². The molecule has 21 heavy (non-hydrogen) atoms. The first-order valence-corrected chi connectivity index (χ1v) is 7.73. The fourth-order valence-corrected chi connectivity index (χ4v) is 2.22. The third-order valence-electron chi connectivity index (χ3n) is 3.96. The first-order chi connectivity index (χ1) is 9.88. The highest BCUT2D eigenvalue weighted by Crippen LogP contribution is 2.13. The Morgan fingerprint density at radius 2 is 1.90 bits per heavy atom. The van der Waals surface area contributed by atoms with Crippen LogP contribution in [0.15, 0.2) is 0 Å². The molecule has 1 heterocycles. The molecule has 0 aromatic rings. The number of ether oxygens (including phenoxy) is 1. The predicted octanol–water partition coefficient (Wildman–Crippen LogP) is 1.10. The highest BCUT2D eigenvalue weighted by Gasteiger charge is 2.22. The van der Waals surface area contributed by atoms with Gasteiger partial charge in [0.1, 0.15) is 0 Å². The van der Waals surface area contributed by atoms with Crippen LogP contribution in [-0.2, 0) is 14.3 Å². The quantitative estimate of drug-likeness (QED) is 0.702. The number of nitrogens with one attached hydrogen (secondary N) is 1. The minimum absolute atomic E-state index is 0.0513. The molecule has 0 aromatic heterocycles. The van der Waals surface area contributed by atoms with E-state index in [1.807, 2.05) is 6.92 Å². The average molecular weight is 300 g/mol. The molecule has 1 rings (SSSR count). The van der Waals surface area contributed by atoms with Crippen molar-refractivity contribution < 1.29 is 19.4 Å². The lowest BCUT2D eigenvalue weighted by atomic mass is 10.1. The third kappa shape index (κ3) is 7.43. The first kappa shape index (κ1) is 17.9. The van der Waals surface area contributed by atoms with Gasteiger partial charge < -0.3 is 15.2 Å². The Hall–Kier alpha value is -1.14. The molecule has 1 aliphatic rings. The smallest absolute Gasteiger partial charge is 0.305 e. The van der Waals surface area contributed by atoms with Crippen LogP contribution in [0.1, 0.15) is 40.0 Å². The number of hydrogen-bond acceptors (Lipinski definition) is 4. The minimum Gasteiger partial charge on any atom is -0.481 e. The number of rotatable bonds is 8. The van der Waals surface area contributed by atoms with Gasteiger partial charge >= 0.3 is 5.97 Å². The van der Waals surface area contributed by atoms with Crippen molar-refractivity contribution in [2.75, 3.05) is 26.2 Å². The standard InChI is InChI=1S/C15H28N2O4/c1-11(2)12(3)16-14(18)10-17-7-4-13(5-8-17)21-9-6-15(19)20/h11-13H,4-10H2,1-3H3,(H,16,18)(H,19,20). The van der Waals surface area contributed by atoms with Crippen LogP contribution in [-0.4, -0.2) is 60.3 Å². The molecule has 0 aliphatic carbocycles. The number of hydrogen-bond donors (Lipinski definition) is 2. The van der Waals surface area contributed by atoms with Crippen LogP contribution in [0.3, 0.4) is 0 Å². The monoisotopic (exact) mass is 300 g/mol. The molecule has 0 spiro atoms. The lowest BCUT2D eigenvalue weighted by Gasteiger charge is -2.31. The Balaban J connectivity index is 2.18. The lowest BCUT2D eigenvalue weighted by Crippen LogP contribution is -2.46. The van der Waals surface area contributed by atoms with Gasteiger partial charge in [-0.25, -0.2) is 0 Å². The topological polar surface area (TPSA) is 78.9 Å². The Labute approximate surface area is 126 Å². The second-order valence-electron chi connectivity index (χ2n) is 6.09. The van der Waals surface area contributed by atoms with Crippen LogP contribution < -0.4 is 5.32 Å². The zero-order chi connectivity index (χ0) is 15.8. The molecule has 1 atom stereocenters. The molecule has 2 N–H and O–H groups in total. The molecule has 6 heteroatoms. The largest absolute Gasteiger partial charge is 0.481 e. The summed E-state index contributed by atoms with van der Waals surface area (Å²) in [4.78, 5) is 24.4. The van der Waals surface area contributed by atoms with E-state index >= 15 is 0 Å². The molecule has 1 fully saturated rings. The van der Waals surface area contributed by atoms with Gasteiger partial charge in [0.25, 0.3) is 0 Å². The summed E-state index contributed by atoms with van der Waals surface area (Å²) in [6.45, 7) is 8.54. The van der Waals surface area contributed by atoms with E-state index in [-0.39, 0.29) is 31.1 Å². The van der Waals surface area contributed by atoms with E-state index in [1.54, 1.807) is 0 Å².